The Bertz CT molecular complexity index is 873. The van der Waals surface area contributed by atoms with Crippen LogP contribution in [0, 0.1) is 20.8 Å². The normalized spacial score (nSPS) is 15.9. The maximum atomic E-state index is 13.4. The van der Waals surface area contributed by atoms with E-state index in [0.29, 0.717) is 17.3 Å². The summed E-state index contributed by atoms with van der Waals surface area (Å²) in [6.45, 7) is 11.8. The predicted molar refractivity (Wildman–Crippen MR) is 157 cm³/mol. The number of hydrogen-bond acceptors (Lipinski definition) is 5. The van der Waals surface area contributed by atoms with Crippen molar-refractivity contribution in [2.75, 3.05) is 22.7 Å². The van der Waals surface area contributed by atoms with Gasteiger partial charge >= 0.3 is 0 Å². The molecule has 0 bridgehead atoms. The van der Waals surface area contributed by atoms with Crippen molar-refractivity contribution in [1.29, 1.82) is 0 Å². The Kier molecular flexibility index (Phi) is 13.0. The molecule has 5 nitrogen and oxygen atoms in total. The maximum absolute atomic E-state index is 13.4. The average molecular weight is 537 g/mol. The van der Waals surface area contributed by atoms with Gasteiger partial charge in [0.1, 0.15) is 11.8 Å². The number of anilines is 1. The van der Waals surface area contributed by atoms with E-state index in [2.05, 4.69) is 12.2 Å². The number of carbonyl (C=O) groups excluding carboxylic acids is 2. The van der Waals surface area contributed by atoms with Crippen LogP contribution in [0.1, 0.15) is 102 Å². The zero-order valence-electron chi connectivity index (χ0n) is 23.4. The van der Waals surface area contributed by atoms with Gasteiger partial charge in [-0.3, -0.25) is 9.59 Å². The Morgan fingerprint density at radius 1 is 1.03 bits per heavy atom. The second kappa shape index (κ2) is 15.2. The highest BCUT2D eigenvalue weighted by Gasteiger charge is 2.41. The van der Waals surface area contributed by atoms with Gasteiger partial charge in [-0.05, 0) is 69.5 Å². The van der Waals surface area contributed by atoms with E-state index < -0.39 is 10.8 Å². The highest BCUT2D eigenvalue weighted by molar-refractivity contribution is 8.01. The fourth-order valence-electron chi connectivity index (χ4n) is 4.60. The van der Waals surface area contributed by atoms with Gasteiger partial charge in [-0.25, -0.2) is 0 Å². The molecule has 1 fully saturated rings. The van der Waals surface area contributed by atoms with Crippen molar-refractivity contribution in [3.05, 3.63) is 22.8 Å². The summed E-state index contributed by atoms with van der Waals surface area (Å²) in [6.07, 6.45) is 13.1. The van der Waals surface area contributed by atoms with E-state index in [0.717, 1.165) is 28.9 Å². The molecule has 2 rings (SSSR count). The molecule has 0 saturated carbocycles. The zero-order valence-corrected chi connectivity index (χ0v) is 25.0. The summed E-state index contributed by atoms with van der Waals surface area (Å²) in [5, 5.41) is 13.2. The van der Waals surface area contributed by atoms with E-state index in [4.69, 9.17) is 0 Å². The van der Waals surface area contributed by atoms with Crippen LogP contribution in [0.2, 0.25) is 0 Å². The summed E-state index contributed by atoms with van der Waals surface area (Å²) < 4.78 is -0.551. The minimum atomic E-state index is -0.551. The van der Waals surface area contributed by atoms with Gasteiger partial charge in [0.2, 0.25) is 11.8 Å². The van der Waals surface area contributed by atoms with Crippen LogP contribution in [-0.2, 0) is 9.59 Å². The van der Waals surface area contributed by atoms with Gasteiger partial charge in [0, 0.05) is 11.4 Å². The molecule has 0 aromatic heterocycles. The minimum absolute atomic E-state index is 0.0412. The quantitative estimate of drug-likeness (QED) is 0.178. The lowest BCUT2D eigenvalue weighted by Crippen LogP contribution is -2.50. The number of unbranched alkanes of at least 4 members (excludes halogenated alkanes) is 9. The summed E-state index contributed by atoms with van der Waals surface area (Å²) in [5.74, 6) is 2.27. The number of aromatic hydroxyl groups is 1. The van der Waals surface area contributed by atoms with Crippen molar-refractivity contribution in [2.45, 2.75) is 117 Å². The predicted octanol–water partition coefficient (Wildman–Crippen LogP) is 7.59. The lowest BCUT2D eigenvalue weighted by molar-refractivity contribution is -0.137. The number of nitrogens with one attached hydrogen (secondary N) is 1. The largest absolute Gasteiger partial charge is 0.507 e. The number of nitrogens with zero attached hydrogens (tertiary/aromatic N) is 1. The number of thioether (sulfide) groups is 2. The molecule has 1 saturated heterocycles. The fraction of sp³-hybridized carbons (Fsp3) is 0.724. The van der Waals surface area contributed by atoms with Crippen molar-refractivity contribution in [3.8, 4) is 5.75 Å². The lowest BCUT2D eigenvalue weighted by atomic mass is 10.0. The van der Waals surface area contributed by atoms with E-state index in [1.165, 1.54) is 57.8 Å². The van der Waals surface area contributed by atoms with Crippen LogP contribution in [-0.4, -0.2) is 50.0 Å². The highest BCUT2D eigenvalue weighted by atomic mass is 32.2. The molecule has 0 radical (unpaired) electrons. The molecule has 1 aliphatic heterocycles. The number of aryl methyl sites for hydroxylation is 1. The van der Waals surface area contributed by atoms with Crippen LogP contribution in [0.25, 0.3) is 0 Å². The van der Waals surface area contributed by atoms with Crippen LogP contribution in [0.15, 0.2) is 6.07 Å². The van der Waals surface area contributed by atoms with E-state index >= 15 is 0 Å². The van der Waals surface area contributed by atoms with Gasteiger partial charge in [0.05, 0.1) is 10.6 Å². The first-order chi connectivity index (χ1) is 17.1. The SMILES string of the molecule is CCCCCCCCCCCCSC(C)(C)C(=O)N1CSC[C@H]1C(=O)Nc1cc(C)c(O)c(C)c1C. The molecular formula is C29H48N2O3S2. The molecule has 1 aromatic rings. The Labute approximate surface area is 227 Å². The summed E-state index contributed by atoms with van der Waals surface area (Å²) in [4.78, 5) is 28.4. The van der Waals surface area contributed by atoms with Crippen molar-refractivity contribution in [3.63, 3.8) is 0 Å². The Morgan fingerprint density at radius 2 is 1.61 bits per heavy atom. The van der Waals surface area contributed by atoms with Crippen LogP contribution >= 0.6 is 23.5 Å². The maximum Gasteiger partial charge on any atom is 0.248 e. The molecule has 0 unspecified atom stereocenters. The van der Waals surface area contributed by atoms with Crippen LogP contribution in [0.4, 0.5) is 5.69 Å². The summed E-state index contributed by atoms with van der Waals surface area (Å²) in [5.41, 5.74) is 3.05. The molecule has 0 spiro atoms. The van der Waals surface area contributed by atoms with Gasteiger partial charge in [-0.15, -0.1) is 23.5 Å². The fourth-order valence-corrected chi connectivity index (χ4v) is 6.85. The number of rotatable bonds is 15. The number of hydrogen-bond donors (Lipinski definition) is 2. The first-order valence-corrected chi connectivity index (χ1v) is 15.9. The molecule has 0 aliphatic carbocycles. The summed E-state index contributed by atoms with van der Waals surface area (Å²) in [6, 6.07) is 1.32. The Morgan fingerprint density at radius 3 is 2.22 bits per heavy atom. The molecule has 204 valence electrons. The third-order valence-corrected chi connectivity index (χ3v) is 9.64. The van der Waals surface area contributed by atoms with E-state index in [1.807, 2.05) is 34.6 Å². The van der Waals surface area contributed by atoms with Crippen molar-refractivity contribution in [2.24, 2.45) is 0 Å². The van der Waals surface area contributed by atoms with Gasteiger partial charge < -0.3 is 15.3 Å². The summed E-state index contributed by atoms with van der Waals surface area (Å²) >= 11 is 3.34. The average Bonchev–Trinajstić information content (AvgIpc) is 3.34. The molecule has 1 atom stereocenters. The van der Waals surface area contributed by atoms with Crippen molar-refractivity contribution < 1.29 is 14.7 Å². The standard InChI is InChI=1S/C29H48N2O3S2/c1-7-8-9-10-11-12-13-14-15-16-17-36-29(5,6)28(34)31-20-35-19-25(31)27(33)30-24-18-21(2)26(32)23(4)22(24)3/h18,25,32H,7-17,19-20H2,1-6H3,(H,30,33)/t25-/m0/s1. The molecule has 2 amide bonds. The lowest BCUT2D eigenvalue weighted by Gasteiger charge is -2.32. The van der Waals surface area contributed by atoms with Crippen LogP contribution < -0.4 is 5.32 Å². The molecule has 2 N–H and O–H groups in total. The monoisotopic (exact) mass is 536 g/mol. The Hall–Kier alpha value is -1.34. The highest BCUT2D eigenvalue weighted by Crippen LogP contribution is 2.34. The second-order valence-electron chi connectivity index (χ2n) is 10.7. The summed E-state index contributed by atoms with van der Waals surface area (Å²) in [7, 11) is 0. The van der Waals surface area contributed by atoms with Crippen LogP contribution in [0.3, 0.4) is 0 Å². The molecule has 1 heterocycles. The number of phenolic OH excluding ortho intramolecular Hbond substituents is 1. The first kappa shape index (κ1) is 30.9. The third-order valence-electron chi connectivity index (χ3n) is 7.24. The number of carbonyl (C=O) groups is 2. The molecule has 36 heavy (non-hydrogen) atoms. The van der Waals surface area contributed by atoms with Gasteiger partial charge in [-0.1, -0.05) is 64.7 Å². The first-order valence-electron chi connectivity index (χ1n) is 13.7. The molecule has 1 aliphatic rings. The van der Waals surface area contributed by atoms with Crippen LogP contribution in [0.5, 0.6) is 5.75 Å². The minimum Gasteiger partial charge on any atom is -0.507 e. The second-order valence-corrected chi connectivity index (χ2v) is 13.4. The third kappa shape index (κ3) is 8.90. The van der Waals surface area contributed by atoms with Crippen molar-refractivity contribution >= 4 is 41.0 Å². The smallest absolute Gasteiger partial charge is 0.248 e. The van der Waals surface area contributed by atoms with Gasteiger partial charge in [0.25, 0.3) is 0 Å². The zero-order chi connectivity index (χ0) is 26.7. The van der Waals surface area contributed by atoms with Crippen molar-refractivity contribution in [1.82, 2.24) is 4.90 Å². The number of benzene rings is 1. The number of phenols is 1. The number of amides is 2. The van der Waals surface area contributed by atoms with E-state index in [1.54, 1.807) is 34.5 Å². The van der Waals surface area contributed by atoms with E-state index in [9.17, 15) is 14.7 Å². The topological polar surface area (TPSA) is 69.6 Å². The van der Waals surface area contributed by atoms with E-state index in [-0.39, 0.29) is 17.6 Å². The van der Waals surface area contributed by atoms with Gasteiger partial charge in [0.15, 0.2) is 0 Å². The van der Waals surface area contributed by atoms with Gasteiger partial charge in [-0.2, -0.15) is 0 Å². The Balaban J connectivity index is 1.80. The molecule has 1 aromatic carbocycles. The molecule has 7 heteroatoms. The molecular weight excluding hydrogens is 488 g/mol.